The van der Waals surface area contributed by atoms with E-state index in [2.05, 4.69) is 29.3 Å². The van der Waals surface area contributed by atoms with Crippen LogP contribution in [0.3, 0.4) is 0 Å². The Bertz CT molecular complexity index is 1480. The number of anilines is 2. The number of nitrogens with two attached hydrogens (primary N) is 1. The minimum Gasteiger partial charge on any atom is -0.457 e. The molecule has 0 saturated carbocycles. The Kier molecular flexibility index (Phi) is 6.41. The molecule has 2 aliphatic heterocycles. The molecule has 4 aromatic rings. The molecule has 0 radical (unpaired) electrons. The van der Waals surface area contributed by atoms with Gasteiger partial charge in [0.05, 0.1) is 34.9 Å². The summed E-state index contributed by atoms with van der Waals surface area (Å²) in [7, 11) is -3.01. The van der Waals surface area contributed by atoms with Crippen LogP contribution in [-0.2, 0) is 11.3 Å². The predicted octanol–water partition coefficient (Wildman–Crippen LogP) is 5.60. The molecule has 1 aromatic heterocycles. The average molecular weight is 533 g/mol. The lowest BCUT2D eigenvalue weighted by Crippen LogP contribution is -2.61. The molecule has 1 fully saturated rings. The Morgan fingerprint density at radius 2 is 1.87 bits per heavy atom. The molecule has 198 valence electrons. The summed E-state index contributed by atoms with van der Waals surface area (Å²) in [6, 6.07) is 23.2. The highest BCUT2D eigenvalue weighted by Gasteiger charge is 2.34. The number of nitrogens with zero attached hydrogens (tertiary/aromatic N) is 2. The smallest absolute Gasteiger partial charge is 0.131 e. The highest BCUT2D eigenvalue weighted by Crippen LogP contribution is 2.52. The zero-order chi connectivity index (χ0) is 26.3. The van der Waals surface area contributed by atoms with E-state index in [1.54, 1.807) is 6.07 Å². The second-order valence-corrected chi connectivity index (χ2v) is 12.4. The van der Waals surface area contributed by atoms with Crippen LogP contribution in [0, 0.1) is 6.92 Å². The van der Waals surface area contributed by atoms with Gasteiger partial charge in [0, 0.05) is 42.8 Å². The van der Waals surface area contributed by atoms with E-state index in [9.17, 15) is 9.11 Å². The van der Waals surface area contributed by atoms with E-state index >= 15 is 0 Å². The van der Waals surface area contributed by atoms with Crippen LogP contribution in [0.2, 0.25) is 0 Å². The van der Waals surface area contributed by atoms with E-state index in [4.69, 9.17) is 20.2 Å². The number of para-hydroxylation sites is 1. The van der Waals surface area contributed by atoms with Crippen molar-refractivity contribution in [2.24, 2.45) is 5.73 Å². The van der Waals surface area contributed by atoms with Gasteiger partial charge >= 0.3 is 0 Å². The van der Waals surface area contributed by atoms with Crippen LogP contribution in [0.25, 0.3) is 10.9 Å². The van der Waals surface area contributed by atoms with Gasteiger partial charge in [0.1, 0.15) is 17.3 Å². The van der Waals surface area contributed by atoms with Gasteiger partial charge < -0.3 is 25.4 Å². The molecule has 0 amide bonds. The molecule has 38 heavy (non-hydrogen) atoms. The van der Waals surface area contributed by atoms with Gasteiger partial charge in [-0.15, -0.1) is 0 Å². The first-order valence-corrected chi connectivity index (χ1v) is 14.4. The standard InChI is InChI=1S/C29H32N4O4S/c1-20-7-10-25-24(13-20)26(31-17-29(30)18-36-19-29)15-28(32-25)33-11-12-38(34,35)27-14-23(9-8-21(27)16-33)37-22-5-3-2-4-6-22/h2-10,13-15,34-35H,11-12,16-19,30H2,1H3,(H,31,32). The summed E-state index contributed by atoms with van der Waals surface area (Å²) in [5, 5.41) is 4.56. The van der Waals surface area contributed by atoms with Gasteiger partial charge in [0.15, 0.2) is 0 Å². The van der Waals surface area contributed by atoms with Crippen molar-refractivity contribution in [3.05, 3.63) is 83.9 Å². The maximum Gasteiger partial charge on any atom is 0.131 e. The van der Waals surface area contributed by atoms with Crippen LogP contribution >= 0.6 is 10.6 Å². The molecule has 3 heterocycles. The summed E-state index contributed by atoms with van der Waals surface area (Å²) in [6.07, 6.45) is 0. The minimum atomic E-state index is -3.01. The first kappa shape index (κ1) is 25.0. The van der Waals surface area contributed by atoms with Crippen LogP contribution in [0.1, 0.15) is 11.1 Å². The van der Waals surface area contributed by atoms with Crippen molar-refractivity contribution >= 4 is 33.0 Å². The zero-order valence-corrected chi connectivity index (χ0v) is 22.1. The first-order chi connectivity index (χ1) is 18.3. The van der Waals surface area contributed by atoms with Crippen LogP contribution in [0.4, 0.5) is 11.5 Å². The highest BCUT2D eigenvalue weighted by atomic mass is 32.3. The molecule has 2 aliphatic rings. The Labute approximate surface area is 223 Å². The Balaban J connectivity index is 1.33. The summed E-state index contributed by atoms with van der Waals surface area (Å²) in [5.74, 6) is 2.24. The Morgan fingerprint density at radius 1 is 1.05 bits per heavy atom. The molecule has 6 rings (SSSR count). The van der Waals surface area contributed by atoms with Crippen molar-refractivity contribution in [2.45, 2.75) is 23.9 Å². The number of benzene rings is 3. The average Bonchev–Trinajstić information content (AvgIpc) is 3.02. The summed E-state index contributed by atoms with van der Waals surface area (Å²) < 4.78 is 33.5. The maximum atomic E-state index is 11.1. The Morgan fingerprint density at radius 3 is 2.63 bits per heavy atom. The van der Waals surface area contributed by atoms with E-state index in [0.29, 0.717) is 49.2 Å². The van der Waals surface area contributed by atoms with Crippen LogP contribution in [0.5, 0.6) is 11.5 Å². The fourth-order valence-electron chi connectivity index (χ4n) is 4.86. The molecule has 1 saturated heterocycles. The summed E-state index contributed by atoms with van der Waals surface area (Å²) in [6.45, 7) is 4.66. The van der Waals surface area contributed by atoms with E-state index < -0.39 is 10.6 Å². The third kappa shape index (κ3) is 5.03. The fourth-order valence-corrected chi connectivity index (χ4v) is 6.41. The molecule has 0 aliphatic carbocycles. The van der Waals surface area contributed by atoms with E-state index in [0.717, 1.165) is 33.5 Å². The van der Waals surface area contributed by atoms with Gasteiger partial charge in [-0.05, 0) is 42.8 Å². The monoisotopic (exact) mass is 532 g/mol. The van der Waals surface area contributed by atoms with Crippen LogP contribution < -0.4 is 20.7 Å². The van der Waals surface area contributed by atoms with Gasteiger partial charge in [0.25, 0.3) is 0 Å². The number of rotatable bonds is 6. The lowest BCUT2D eigenvalue weighted by molar-refractivity contribution is -0.0461. The van der Waals surface area contributed by atoms with Crippen molar-refractivity contribution in [3.8, 4) is 11.5 Å². The largest absolute Gasteiger partial charge is 0.457 e. The number of pyridine rings is 1. The van der Waals surface area contributed by atoms with Crippen molar-refractivity contribution in [1.82, 2.24) is 4.98 Å². The summed E-state index contributed by atoms with van der Waals surface area (Å²) in [4.78, 5) is 7.60. The van der Waals surface area contributed by atoms with Crippen LogP contribution in [0.15, 0.2) is 77.7 Å². The highest BCUT2D eigenvalue weighted by molar-refractivity contribution is 8.24. The second-order valence-electron chi connectivity index (χ2n) is 10.2. The number of hydrogen-bond donors (Lipinski definition) is 4. The van der Waals surface area contributed by atoms with E-state index in [1.165, 1.54) is 0 Å². The number of aryl methyl sites for hydroxylation is 1. The molecular formula is C29H32N4O4S. The maximum absolute atomic E-state index is 11.1. The number of fused-ring (bicyclic) bond motifs is 2. The van der Waals surface area contributed by atoms with Gasteiger partial charge in [-0.1, -0.05) is 35.9 Å². The molecule has 0 atom stereocenters. The minimum absolute atomic E-state index is 0.203. The molecule has 0 bridgehead atoms. The summed E-state index contributed by atoms with van der Waals surface area (Å²) in [5.41, 5.74) is 9.83. The van der Waals surface area contributed by atoms with Gasteiger partial charge in [-0.25, -0.2) is 4.98 Å². The third-order valence-corrected chi connectivity index (χ3v) is 8.90. The van der Waals surface area contributed by atoms with Crippen molar-refractivity contribution < 1.29 is 18.6 Å². The zero-order valence-electron chi connectivity index (χ0n) is 21.3. The topological polar surface area (TPSA) is 113 Å². The SMILES string of the molecule is Cc1ccc2nc(N3CCS(O)(O)c4cc(Oc5ccccc5)ccc4C3)cc(NCC3(N)COC3)c2c1. The van der Waals surface area contributed by atoms with Gasteiger partial charge in [0.2, 0.25) is 0 Å². The number of aromatic nitrogens is 1. The molecule has 3 aromatic carbocycles. The molecule has 8 nitrogen and oxygen atoms in total. The molecule has 9 heteroatoms. The number of nitrogens with one attached hydrogen (secondary N) is 1. The molecular weight excluding hydrogens is 500 g/mol. The third-order valence-electron chi connectivity index (χ3n) is 7.06. The molecule has 5 N–H and O–H groups in total. The number of ether oxygens (including phenoxy) is 2. The first-order valence-electron chi connectivity index (χ1n) is 12.7. The Hall–Kier alpha value is -3.34. The van der Waals surface area contributed by atoms with E-state index in [1.807, 2.05) is 54.6 Å². The fraction of sp³-hybridized carbons (Fsp3) is 0.276. The van der Waals surface area contributed by atoms with Crippen molar-refractivity contribution in [3.63, 3.8) is 0 Å². The molecule has 0 spiro atoms. The quantitative estimate of drug-likeness (QED) is 0.254. The molecule has 0 unspecified atom stereocenters. The lowest BCUT2D eigenvalue weighted by Gasteiger charge is -2.38. The van der Waals surface area contributed by atoms with E-state index in [-0.39, 0.29) is 11.3 Å². The number of hydrogen-bond acceptors (Lipinski definition) is 8. The van der Waals surface area contributed by atoms with Gasteiger partial charge in [-0.2, -0.15) is 10.6 Å². The normalized spacial score (nSPS) is 18.7. The predicted molar refractivity (Wildman–Crippen MR) is 153 cm³/mol. The lowest BCUT2D eigenvalue weighted by atomic mass is 9.99. The second kappa shape index (κ2) is 9.76. The van der Waals surface area contributed by atoms with Crippen LogP contribution in [-0.4, -0.2) is 51.7 Å². The van der Waals surface area contributed by atoms with Gasteiger partial charge in [-0.3, -0.25) is 9.11 Å². The summed E-state index contributed by atoms with van der Waals surface area (Å²) >= 11 is 0. The van der Waals surface area contributed by atoms with Crippen molar-refractivity contribution in [1.29, 1.82) is 0 Å². The van der Waals surface area contributed by atoms with Crippen molar-refractivity contribution in [2.75, 3.05) is 42.3 Å².